The number of methoxy groups -OCH3 is 2. The lowest BCUT2D eigenvalue weighted by Gasteiger charge is -2.59. The average molecular weight is 1810 g/mol. The molecule has 0 bridgehead atoms. The second-order valence-electron chi connectivity index (χ2n) is 36.0. The molecule has 24 nitrogen and oxygen atoms in total. The second-order valence-corrected chi connectivity index (χ2v) is 36.0. The van der Waals surface area contributed by atoms with Crippen molar-refractivity contribution in [2.24, 2.45) is 0 Å². The monoisotopic (exact) mass is 1810 g/mol. The zero-order valence-electron chi connectivity index (χ0n) is 76.9. The molecule has 4 aromatic heterocycles. The number of ether oxygens (including phenoxy) is 2. The van der Waals surface area contributed by atoms with Crippen LogP contribution < -0.4 is 0 Å². The zero-order valence-corrected chi connectivity index (χ0v) is 76.9. The van der Waals surface area contributed by atoms with Gasteiger partial charge in [-0.2, -0.15) is 0 Å². The van der Waals surface area contributed by atoms with Crippen LogP contribution in [0.5, 0.6) is 0 Å². The van der Waals surface area contributed by atoms with Gasteiger partial charge in [-0.1, -0.05) is 181 Å². The number of benzene rings is 8. The van der Waals surface area contributed by atoms with Crippen molar-refractivity contribution in [1.29, 1.82) is 0 Å². The standard InChI is InChI=1S/C30H29N3O3.C29H27N3O3.C27H27N3O3.C26H25N3O3/c1-21-5-3-6-23(15-21)9-8-22-10-12-25(13-11-22)30-26-18-32(19-29(35)33(26)27(30)20-36-2)28(34)16-24-7-4-14-31-17-24;1-20-4-2-5-22(14-20)8-7-21-9-11-24(12-10-21)29-25-17-31(18-28(35)32(25)26(29)19-33)27(34)15-23-6-3-13-30-16-23;1-18-6-3-4-8-22(18)19-9-11-20(12-10-19)26-23-15-29(27(32)21-7-5-13-28-14-21)16-25(31)30(23)24(26)17-33-2;1-17-5-2-3-7-21(17)18-8-10-19(11-9-18)25-22-14-28(15-24(31)29(22)23(25)16-30)26(32)20-6-4-12-27-13-20/h3-7,10-15,17,26-27,30H,16,18-20H2,1-2H3;2-6,9-14,16,25-26,29,33H,15,17-19H2,1H3;3-14,23-24,26H,15-17H2,1-2H3;2-13,22-23,25,30H,14-16H2,1H3/t26-,27-,30-;25-,26-,29-;23-,24-,26-;22-,23-,25-/m0011/s1. The number of hydrogen-bond donors (Lipinski definition) is 2. The first-order valence-corrected chi connectivity index (χ1v) is 46.1. The first kappa shape index (κ1) is 92.9. The van der Waals surface area contributed by atoms with Crippen molar-refractivity contribution in [3.05, 3.63) is 381 Å². The SMILES string of the molecule is COC[C@@H]1[C@H](c2ccc(-c3ccccc3C)cc2)[C@H]2CN(C(=O)c3cccnc3)CC(=O)N12.COC[C@H]1[C@@H](c2ccc(C#Cc3cccc(C)c3)cc2)[C@@H]2CN(C(=O)Cc3cccnc3)CC(=O)N12.Cc1cccc(C#Cc2ccc([C@@H]3[C@H](CO)N4C(=O)CN(C(=O)Cc5cccnc5)C[C@@H]34)cc2)c1.Cc1ccccc1-c1ccc([C@H]2[C@@H](CO)N3C(=O)CN(C(=O)c4cccnc4)C[C@H]23)cc1. The predicted octanol–water partition coefficient (Wildman–Crippen LogP) is 12.1. The molecular formula is C112H108N12O12. The van der Waals surface area contributed by atoms with Gasteiger partial charge in [-0.15, -0.1) is 0 Å². The Morgan fingerprint density at radius 2 is 0.662 bits per heavy atom. The number of aliphatic hydroxyl groups excluding tert-OH is 2. The Hall–Kier alpha value is -14.9. The zero-order chi connectivity index (χ0) is 94.6. The number of carbonyl (C=O) groups is 8. The second kappa shape index (κ2) is 42.1. The van der Waals surface area contributed by atoms with E-state index in [0.717, 1.165) is 55.6 Å². The van der Waals surface area contributed by atoms with Crippen molar-refractivity contribution in [3.8, 4) is 45.9 Å². The van der Waals surface area contributed by atoms with Gasteiger partial charge in [-0.25, -0.2) is 0 Å². The number of aryl methyl sites for hydroxylation is 4. The van der Waals surface area contributed by atoms with Crippen molar-refractivity contribution < 1.29 is 58.0 Å². The van der Waals surface area contributed by atoms with E-state index in [4.69, 9.17) is 9.47 Å². The molecule has 0 radical (unpaired) electrons. The van der Waals surface area contributed by atoms with E-state index in [9.17, 15) is 48.6 Å². The summed E-state index contributed by atoms with van der Waals surface area (Å²) in [6, 6.07) is 79.3. The van der Waals surface area contributed by atoms with Crippen LogP contribution in [0.4, 0.5) is 0 Å². The Labute approximate surface area is 792 Å². The van der Waals surface area contributed by atoms with Gasteiger partial charge in [-0.3, -0.25) is 58.3 Å². The lowest BCUT2D eigenvalue weighted by molar-refractivity contribution is -0.167. The van der Waals surface area contributed by atoms with Crippen molar-refractivity contribution in [1.82, 2.24) is 59.1 Å². The molecule has 8 fully saturated rings. The third kappa shape index (κ3) is 20.1. The highest BCUT2D eigenvalue weighted by molar-refractivity contribution is 5.99. The number of rotatable bonds is 18. The molecule has 20 rings (SSSR count). The van der Waals surface area contributed by atoms with E-state index in [2.05, 4.69) is 174 Å². The van der Waals surface area contributed by atoms with Gasteiger partial charge in [-0.05, 0) is 191 Å². The van der Waals surface area contributed by atoms with Gasteiger partial charge >= 0.3 is 0 Å². The smallest absolute Gasteiger partial charge is 0.255 e. The molecule has 8 amide bonds. The lowest BCUT2D eigenvalue weighted by Crippen LogP contribution is -2.73. The molecule has 12 aromatic rings. The minimum Gasteiger partial charge on any atom is -0.394 e. The lowest BCUT2D eigenvalue weighted by atomic mass is 9.73. The number of carbonyl (C=O) groups excluding carboxylic acids is 8. The summed E-state index contributed by atoms with van der Waals surface area (Å²) < 4.78 is 10.9. The summed E-state index contributed by atoms with van der Waals surface area (Å²) in [6.45, 7) is 11.2. The maximum absolute atomic E-state index is 13.0. The van der Waals surface area contributed by atoms with Crippen LogP contribution in [-0.4, -0.2) is 258 Å². The average Bonchev–Trinajstić information content (AvgIpc) is 0.747. The topological polar surface area (TPSA) is 273 Å². The van der Waals surface area contributed by atoms with Crippen molar-refractivity contribution in [3.63, 3.8) is 0 Å². The number of hydrogen-bond acceptors (Lipinski definition) is 16. The number of fused-ring (bicyclic) bond motifs is 4. The fourth-order valence-corrected chi connectivity index (χ4v) is 20.8. The molecular weight excluding hydrogens is 1710 g/mol. The first-order valence-electron chi connectivity index (χ1n) is 46.1. The minimum absolute atomic E-state index is 0.0145. The number of aromatic nitrogens is 4. The summed E-state index contributed by atoms with van der Waals surface area (Å²) in [5, 5.41) is 20.0. The third-order valence-corrected chi connectivity index (χ3v) is 27.4. The van der Waals surface area contributed by atoms with E-state index in [1.807, 2.05) is 120 Å². The number of aliphatic hydroxyl groups is 2. The van der Waals surface area contributed by atoms with Crippen LogP contribution in [0.15, 0.2) is 292 Å². The Morgan fingerprint density at radius 1 is 0.346 bits per heavy atom. The van der Waals surface area contributed by atoms with Gasteiger partial charge in [0.05, 0.1) is 112 Å². The fourth-order valence-electron chi connectivity index (χ4n) is 20.8. The van der Waals surface area contributed by atoms with E-state index >= 15 is 0 Å². The van der Waals surface area contributed by atoms with Gasteiger partial charge in [0.15, 0.2) is 0 Å². The molecule has 12 atom stereocenters. The number of amides is 8. The maximum Gasteiger partial charge on any atom is 0.255 e. The summed E-state index contributed by atoms with van der Waals surface area (Å²) in [7, 11) is 3.32. The predicted molar refractivity (Wildman–Crippen MR) is 516 cm³/mol. The Bertz CT molecular complexity index is 6480. The largest absolute Gasteiger partial charge is 0.394 e. The summed E-state index contributed by atoms with van der Waals surface area (Å²) in [6.07, 6.45) is 13.5. The number of pyridine rings is 4. The van der Waals surface area contributed by atoms with Crippen LogP contribution in [0.1, 0.15) is 122 Å². The molecule has 12 heterocycles. The molecule has 8 aromatic carbocycles. The van der Waals surface area contributed by atoms with E-state index in [-0.39, 0.29) is 171 Å². The van der Waals surface area contributed by atoms with Gasteiger partial charge in [0, 0.05) is 136 Å². The van der Waals surface area contributed by atoms with Crippen LogP contribution in [0.25, 0.3) is 22.3 Å². The van der Waals surface area contributed by atoms with Crippen LogP contribution in [-0.2, 0) is 51.1 Å². The first-order chi connectivity index (χ1) is 66.2. The molecule has 0 aliphatic carbocycles. The molecule has 136 heavy (non-hydrogen) atoms. The molecule has 688 valence electrons. The summed E-state index contributed by atoms with van der Waals surface area (Å²) >= 11 is 0. The maximum atomic E-state index is 13.0. The number of piperazine rings is 4. The normalized spacial score (nSPS) is 21.5. The number of nitrogens with zero attached hydrogens (tertiary/aromatic N) is 12. The summed E-state index contributed by atoms with van der Waals surface area (Å²) in [5.74, 6) is 12.3. The van der Waals surface area contributed by atoms with E-state index < -0.39 is 0 Å². The van der Waals surface area contributed by atoms with Gasteiger partial charge in [0.1, 0.15) is 13.1 Å². The fraction of sp³-hybridized carbons (Fsp3) is 0.286. The van der Waals surface area contributed by atoms with Gasteiger partial charge in [0.2, 0.25) is 35.4 Å². The van der Waals surface area contributed by atoms with E-state index in [1.54, 1.807) is 117 Å². The van der Waals surface area contributed by atoms with E-state index in [0.29, 0.717) is 50.5 Å². The molecule has 0 spiro atoms. The van der Waals surface area contributed by atoms with Gasteiger partial charge < -0.3 is 58.9 Å². The Morgan fingerprint density at radius 3 is 0.985 bits per heavy atom. The molecule has 8 aliphatic heterocycles. The van der Waals surface area contributed by atoms with Crippen LogP contribution in [0.2, 0.25) is 0 Å². The molecule has 8 saturated heterocycles. The Kier molecular flexibility index (Phi) is 28.8. The van der Waals surface area contributed by atoms with Crippen molar-refractivity contribution in [2.75, 3.05) is 93.0 Å². The van der Waals surface area contributed by atoms with Crippen molar-refractivity contribution in [2.45, 2.75) is 113 Å². The van der Waals surface area contributed by atoms with Crippen LogP contribution in [0, 0.1) is 51.4 Å². The van der Waals surface area contributed by atoms with Crippen LogP contribution >= 0.6 is 0 Å². The molecule has 24 heteroatoms. The highest BCUT2D eigenvalue weighted by Crippen LogP contribution is 2.48. The Balaban J connectivity index is 0.000000126. The molecule has 8 aliphatic rings. The quantitative estimate of drug-likeness (QED) is 0.0756. The molecule has 2 N–H and O–H groups in total. The molecule has 0 saturated carbocycles. The van der Waals surface area contributed by atoms with Crippen molar-refractivity contribution >= 4 is 47.3 Å². The third-order valence-electron chi connectivity index (χ3n) is 27.4. The molecule has 0 unspecified atom stereocenters. The highest BCUT2D eigenvalue weighted by Gasteiger charge is 2.59. The minimum atomic E-state index is -0.271. The van der Waals surface area contributed by atoms with Crippen LogP contribution in [0.3, 0.4) is 0 Å². The highest BCUT2D eigenvalue weighted by atomic mass is 16.5. The summed E-state index contributed by atoms with van der Waals surface area (Å²) in [5.41, 5.74) is 20.4. The summed E-state index contributed by atoms with van der Waals surface area (Å²) in [4.78, 5) is 134. The van der Waals surface area contributed by atoms with E-state index in [1.165, 1.54) is 50.7 Å². The van der Waals surface area contributed by atoms with Gasteiger partial charge in [0.25, 0.3) is 11.8 Å².